The largest absolute Gasteiger partial charge is 0.481 e. The molecule has 76 valence electrons. The van der Waals surface area contributed by atoms with Crippen LogP contribution in [0.2, 0.25) is 0 Å². The molecule has 0 aliphatic heterocycles. The maximum Gasteiger partial charge on any atom is 0.307 e. The molecule has 0 aliphatic rings. The molecule has 0 rings (SSSR count). The van der Waals surface area contributed by atoms with Crippen molar-refractivity contribution >= 4 is 17.6 Å². The fourth-order valence-corrected chi connectivity index (χ4v) is 1.01. The summed E-state index contributed by atoms with van der Waals surface area (Å²) in [5.74, 6) is -0.489. The van der Waals surface area contributed by atoms with Gasteiger partial charge in [0.2, 0.25) is 0 Å². The fourth-order valence-electron chi connectivity index (χ4n) is 0.810. The zero-order valence-electron chi connectivity index (χ0n) is 7.85. The number of hydrogen-bond donors (Lipinski definition) is 2. The number of nitrogens with one attached hydrogen (secondary N) is 1. The van der Waals surface area contributed by atoms with E-state index < -0.39 is 5.97 Å². The number of carboxylic acid groups (broad SMARTS) is 1. The van der Waals surface area contributed by atoms with E-state index in [0.717, 1.165) is 25.1 Å². The quantitative estimate of drug-likeness (QED) is 0.494. The number of aliphatic carboxylic acids is 1. The van der Waals surface area contributed by atoms with Crippen LogP contribution in [-0.2, 0) is 4.79 Å². The zero-order chi connectivity index (χ0) is 10.1. The summed E-state index contributed by atoms with van der Waals surface area (Å²) in [7, 11) is 0. The van der Waals surface area contributed by atoms with Crippen LogP contribution >= 0.6 is 11.6 Å². The number of hydrogen-bond acceptors (Lipinski definition) is 2. The molecule has 0 aliphatic carbocycles. The summed E-state index contributed by atoms with van der Waals surface area (Å²) in [5.41, 5.74) is 0.803. The van der Waals surface area contributed by atoms with Crippen LogP contribution in [0.3, 0.4) is 0 Å². The number of halogens is 1. The van der Waals surface area contributed by atoms with Gasteiger partial charge in [-0.1, -0.05) is 19.4 Å². The summed E-state index contributed by atoms with van der Waals surface area (Å²) >= 11 is 5.61. The van der Waals surface area contributed by atoms with Crippen molar-refractivity contribution in [3.05, 3.63) is 11.8 Å². The molecule has 0 unspecified atom stereocenters. The first-order valence-corrected chi connectivity index (χ1v) is 4.94. The van der Waals surface area contributed by atoms with Crippen molar-refractivity contribution in [1.82, 2.24) is 5.32 Å². The van der Waals surface area contributed by atoms with E-state index in [9.17, 15) is 4.79 Å². The summed E-state index contributed by atoms with van der Waals surface area (Å²) < 4.78 is 0. The molecule has 0 heterocycles. The summed E-state index contributed by atoms with van der Waals surface area (Å²) in [4.78, 5) is 10.2. The Balaban J connectivity index is 3.73. The molecule has 0 aromatic heterocycles. The summed E-state index contributed by atoms with van der Waals surface area (Å²) in [6.45, 7) is 2.96. The first kappa shape index (κ1) is 12.3. The zero-order valence-corrected chi connectivity index (χ0v) is 8.60. The Morgan fingerprint density at radius 3 is 2.77 bits per heavy atom. The van der Waals surface area contributed by atoms with Crippen molar-refractivity contribution in [3.8, 4) is 0 Å². The van der Waals surface area contributed by atoms with Crippen molar-refractivity contribution in [3.63, 3.8) is 0 Å². The number of carboxylic acids is 1. The van der Waals surface area contributed by atoms with Crippen LogP contribution in [-0.4, -0.2) is 23.5 Å². The topological polar surface area (TPSA) is 49.3 Å². The average Bonchev–Trinajstić information content (AvgIpc) is 2.10. The highest BCUT2D eigenvalue weighted by Gasteiger charge is 1.96. The normalized spacial score (nSPS) is 11.4. The molecule has 0 amide bonds. The van der Waals surface area contributed by atoms with E-state index in [1.807, 2.05) is 0 Å². The molecular weight excluding hydrogens is 190 g/mol. The molecule has 0 fully saturated rings. The van der Waals surface area contributed by atoms with Crippen molar-refractivity contribution in [2.75, 3.05) is 12.4 Å². The van der Waals surface area contributed by atoms with Crippen LogP contribution < -0.4 is 5.32 Å². The van der Waals surface area contributed by atoms with Gasteiger partial charge in [0, 0.05) is 12.2 Å². The lowest BCUT2D eigenvalue weighted by molar-refractivity contribution is -0.136. The molecule has 0 atom stereocenters. The van der Waals surface area contributed by atoms with Gasteiger partial charge < -0.3 is 10.4 Å². The van der Waals surface area contributed by atoms with Gasteiger partial charge in [-0.15, -0.1) is 11.6 Å². The molecule has 0 bridgehead atoms. The molecule has 4 heteroatoms. The Morgan fingerprint density at radius 1 is 1.62 bits per heavy atom. The second kappa shape index (κ2) is 7.92. The van der Waals surface area contributed by atoms with E-state index >= 15 is 0 Å². The van der Waals surface area contributed by atoms with E-state index in [4.69, 9.17) is 16.7 Å². The first-order chi connectivity index (χ1) is 6.20. The summed E-state index contributed by atoms with van der Waals surface area (Å²) in [5, 5.41) is 11.5. The molecule has 0 aromatic carbocycles. The highest BCUT2D eigenvalue weighted by atomic mass is 35.5. The number of allylic oxidation sites excluding steroid dienone is 1. The second-order valence-corrected chi connectivity index (χ2v) is 3.01. The van der Waals surface area contributed by atoms with E-state index in [1.165, 1.54) is 0 Å². The highest BCUT2D eigenvalue weighted by molar-refractivity contribution is 6.19. The molecular formula is C9H16ClNO2. The van der Waals surface area contributed by atoms with E-state index in [0.29, 0.717) is 5.88 Å². The van der Waals surface area contributed by atoms with E-state index in [1.54, 1.807) is 6.08 Å². The highest BCUT2D eigenvalue weighted by Crippen LogP contribution is 1.97. The number of rotatable bonds is 7. The van der Waals surface area contributed by atoms with Gasteiger partial charge >= 0.3 is 5.97 Å². The van der Waals surface area contributed by atoms with Crippen LogP contribution in [0.5, 0.6) is 0 Å². The second-order valence-electron chi connectivity index (χ2n) is 2.74. The summed E-state index contributed by atoms with van der Waals surface area (Å²) in [6.07, 6.45) is 3.83. The predicted octanol–water partition coefficient (Wildman–Crippen LogP) is 1.97. The van der Waals surface area contributed by atoms with Crippen LogP contribution in [0.25, 0.3) is 0 Å². The average molecular weight is 206 g/mol. The smallest absolute Gasteiger partial charge is 0.307 e. The van der Waals surface area contributed by atoms with Gasteiger partial charge in [-0.25, -0.2) is 0 Å². The lowest BCUT2D eigenvalue weighted by Crippen LogP contribution is -2.16. The maximum atomic E-state index is 10.2. The lowest BCUT2D eigenvalue weighted by atomic mass is 10.3. The van der Waals surface area contributed by atoms with Gasteiger partial charge in [0.15, 0.2) is 0 Å². The van der Waals surface area contributed by atoms with E-state index in [-0.39, 0.29) is 6.42 Å². The molecule has 0 radical (unpaired) electrons. The third-order valence-electron chi connectivity index (χ3n) is 1.55. The minimum atomic E-state index is -0.833. The lowest BCUT2D eigenvalue weighted by Gasteiger charge is -2.06. The van der Waals surface area contributed by atoms with Crippen LogP contribution in [0.15, 0.2) is 11.8 Å². The SMILES string of the molecule is CCCCNC(=CCC(=O)O)CCl. The Kier molecular flexibility index (Phi) is 7.50. The van der Waals surface area contributed by atoms with Crippen molar-refractivity contribution in [2.24, 2.45) is 0 Å². The standard InChI is InChI=1S/C9H16ClNO2/c1-2-3-6-11-8(7-10)4-5-9(12)13/h4,11H,2-3,5-7H2,1H3,(H,12,13). The van der Waals surface area contributed by atoms with Crippen LogP contribution in [0.4, 0.5) is 0 Å². The molecule has 0 saturated carbocycles. The monoisotopic (exact) mass is 205 g/mol. The predicted molar refractivity (Wildman–Crippen MR) is 54.0 cm³/mol. The maximum absolute atomic E-state index is 10.2. The van der Waals surface area contributed by atoms with Crippen molar-refractivity contribution < 1.29 is 9.90 Å². The fraction of sp³-hybridized carbons (Fsp3) is 0.667. The Hall–Kier alpha value is -0.700. The molecule has 0 spiro atoms. The minimum absolute atomic E-state index is 0.0289. The molecule has 13 heavy (non-hydrogen) atoms. The van der Waals surface area contributed by atoms with Gasteiger partial charge in [-0.2, -0.15) is 0 Å². The van der Waals surface area contributed by atoms with Gasteiger partial charge in [0.25, 0.3) is 0 Å². The van der Waals surface area contributed by atoms with Crippen LogP contribution in [0, 0.1) is 0 Å². The molecule has 2 N–H and O–H groups in total. The number of unbranched alkanes of at least 4 members (excludes halogenated alkanes) is 1. The Morgan fingerprint density at radius 2 is 2.31 bits per heavy atom. The third kappa shape index (κ3) is 7.65. The Bertz CT molecular complexity index is 180. The van der Waals surface area contributed by atoms with Crippen molar-refractivity contribution in [1.29, 1.82) is 0 Å². The van der Waals surface area contributed by atoms with Crippen molar-refractivity contribution in [2.45, 2.75) is 26.2 Å². The first-order valence-electron chi connectivity index (χ1n) is 4.41. The van der Waals surface area contributed by atoms with E-state index in [2.05, 4.69) is 12.2 Å². The number of carbonyl (C=O) groups is 1. The van der Waals surface area contributed by atoms with Gasteiger partial charge in [-0.05, 0) is 6.42 Å². The van der Waals surface area contributed by atoms with Gasteiger partial charge in [0.1, 0.15) is 0 Å². The number of alkyl halides is 1. The molecule has 3 nitrogen and oxygen atoms in total. The molecule has 0 aromatic rings. The molecule has 0 saturated heterocycles. The van der Waals surface area contributed by atoms with Gasteiger partial charge in [-0.3, -0.25) is 4.79 Å². The van der Waals surface area contributed by atoms with Gasteiger partial charge in [0.05, 0.1) is 12.3 Å². The van der Waals surface area contributed by atoms with Crippen LogP contribution in [0.1, 0.15) is 26.2 Å². The third-order valence-corrected chi connectivity index (χ3v) is 1.84. The Labute approximate surface area is 83.8 Å². The summed E-state index contributed by atoms with van der Waals surface area (Å²) in [6, 6.07) is 0. The minimum Gasteiger partial charge on any atom is -0.481 e.